The Labute approximate surface area is 129 Å². The van der Waals surface area contributed by atoms with Crippen LogP contribution >= 0.6 is 0 Å². The molecular formula is C20H27N. The average molecular weight is 281 g/mol. The number of rotatable bonds is 6. The fourth-order valence-electron chi connectivity index (χ4n) is 2.69. The summed E-state index contributed by atoms with van der Waals surface area (Å²) in [7, 11) is 0. The fourth-order valence-corrected chi connectivity index (χ4v) is 2.69. The van der Waals surface area contributed by atoms with Gasteiger partial charge in [0.25, 0.3) is 0 Å². The van der Waals surface area contributed by atoms with Crippen LogP contribution in [0.4, 0.5) is 0 Å². The van der Waals surface area contributed by atoms with Crippen molar-refractivity contribution in [3.05, 3.63) is 70.3 Å². The topological polar surface area (TPSA) is 26.0 Å². The Bertz CT molecular complexity index is 569. The van der Waals surface area contributed by atoms with E-state index in [0.29, 0.717) is 0 Å². The summed E-state index contributed by atoms with van der Waals surface area (Å²) in [4.78, 5) is 0. The van der Waals surface area contributed by atoms with Crippen molar-refractivity contribution in [2.45, 2.75) is 52.5 Å². The third-order valence-electron chi connectivity index (χ3n) is 4.17. The van der Waals surface area contributed by atoms with E-state index in [9.17, 15) is 0 Å². The molecule has 0 amide bonds. The summed E-state index contributed by atoms with van der Waals surface area (Å²) < 4.78 is 0. The van der Waals surface area contributed by atoms with Crippen LogP contribution in [0.1, 0.15) is 53.6 Å². The Morgan fingerprint density at radius 3 is 2.38 bits per heavy atom. The lowest BCUT2D eigenvalue weighted by Crippen LogP contribution is -2.14. The number of aryl methyl sites for hydroxylation is 3. The van der Waals surface area contributed by atoms with Crippen molar-refractivity contribution in [2.24, 2.45) is 5.73 Å². The molecule has 1 unspecified atom stereocenters. The van der Waals surface area contributed by atoms with Gasteiger partial charge in [0, 0.05) is 6.04 Å². The Morgan fingerprint density at radius 1 is 1.00 bits per heavy atom. The highest BCUT2D eigenvalue weighted by molar-refractivity contribution is 5.33. The van der Waals surface area contributed by atoms with E-state index in [-0.39, 0.29) is 6.04 Å². The molecule has 0 aliphatic heterocycles. The lowest BCUT2D eigenvalue weighted by molar-refractivity contribution is 0.717. The van der Waals surface area contributed by atoms with Gasteiger partial charge in [0.05, 0.1) is 0 Å². The summed E-state index contributed by atoms with van der Waals surface area (Å²) in [6, 6.07) is 15.5. The zero-order chi connectivity index (χ0) is 15.2. The van der Waals surface area contributed by atoms with Gasteiger partial charge in [-0.25, -0.2) is 0 Å². The van der Waals surface area contributed by atoms with Gasteiger partial charge in [-0.3, -0.25) is 0 Å². The maximum Gasteiger partial charge on any atom is 0.0335 e. The van der Waals surface area contributed by atoms with Gasteiger partial charge < -0.3 is 5.73 Å². The van der Waals surface area contributed by atoms with Crippen molar-refractivity contribution in [1.82, 2.24) is 0 Å². The Balaban J connectivity index is 2.05. The SMILES string of the molecule is CCCCc1ccc(C(N)Cc2cc(C)ccc2C)cc1. The predicted molar refractivity (Wildman–Crippen MR) is 91.6 cm³/mol. The summed E-state index contributed by atoms with van der Waals surface area (Å²) in [5.74, 6) is 0. The van der Waals surface area contributed by atoms with Crippen molar-refractivity contribution in [3.63, 3.8) is 0 Å². The van der Waals surface area contributed by atoms with Crippen LogP contribution in [0.25, 0.3) is 0 Å². The minimum atomic E-state index is 0.0747. The van der Waals surface area contributed by atoms with Gasteiger partial charge in [0.2, 0.25) is 0 Å². The fraction of sp³-hybridized carbons (Fsp3) is 0.400. The first-order valence-electron chi connectivity index (χ1n) is 8.00. The highest BCUT2D eigenvalue weighted by Crippen LogP contribution is 2.20. The minimum absolute atomic E-state index is 0.0747. The van der Waals surface area contributed by atoms with Gasteiger partial charge in [-0.05, 0) is 55.4 Å². The first-order valence-corrected chi connectivity index (χ1v) is 8.00. The second kappa shape index (κ2) is 7.42. The van der Waals surface area contributed by atoms with Crippen LogP contribution < -0.4 is 5.73 Å². The third kappa shape index (κ3) is 4.44. The molecule has 0 aliphatic carbocycles. The monoisotopic (exact) mass is 281 g/mol. The summed E-state index contributed by atoms with van der Waals surface area (Å²) >= 11 is 0. The molecule has 0 saturated carbocycles. The second-order valence-electron chi connectivity index (χ2n) is 6.09. The quantitative estimate of drug-likeness (QED) is 0.801. The molecule has 0 aromatic heterocycles. The van der Waals surface area contributed by atoms with Crippen molar-refractivity contribution >= 4 is 0 Å². The highest BCUT2D eigenvalue weighted by atomic mass is 14.6. The van der Waals surface area contributed by atoms with Crippen molar-refractivity contribution < 1.29 is 0 Å². The first kappa shape index (κ1) is 15.8. The summed E-state index contributed by atoms with van der Waals surface area (Å²) in [5.41, 5.74) is 13.0. The molecule has 2 aromatic rings. The molecule has 0 heterocycles. The average Bonchev–Trinajstić information content (AvgIpc) is 2.49. The molecule has 1 nitrogen and oxygen atoms in total. The van der Waals surface area contributed by atoms with Gasteiger partial charge in [0.15, 0.2) is 0 Å². The summed E-state index contributed by atoms with van der Waals surface area (Å²) in [6.45, 7) is 6.53. The maximum atomic E-state index is 6.40. The van der Waals surface area contributed by atoms with Crippen LogP contribution in [-0.2, 0) is 12.8 Å². The molecule has 0 aliphatic rings. The van der Waals surface area contributed by atoms with Gasteiger partial charge in [0.1, 0.15) is 0 Å². The standard InChI is InChI=1S/C20H27N/c1-4-5-6-17-9-11-18(12-10-17)20(21)14-19-13-15(2)7-8-16(19)3/h7-13,20H,4-6,14,21H2,1-3H3. The van der Waals surface area contributed by atoms with E-state index in [1.807, 2.05) is 0 Å². The van der Waals surface area contributed by atoms with Crippen LogP contribution in [0.15, 0.2) is 42.5 Å². The van der Waals surface area contributed by atoms with E-state index in [4.69, 9.17) is 5.73 Å². The van der Waals surface area contributed by atoms with Gasteiger partial charge in [-0.2, -0.15) is 0 Å². The van der Waals surface area contributed by atoms with E-state index in [1.165, 1.54) is 47.1 Å². The van der Waals surface area contributed by atoms with Crippen LogP contribution in [0.3, 0.4) is 0 Å². The number of benzene rings is 2. The molecular weight excluding hydrogens is 254 g/mol. The first-order chi connectivity index (χ1) is 10.1. The molecule has 0 spiro atoms. The van der Waals surface area contributed by atoms with Crippen LogP contribution in [0.2, 0.25) is 0 Å². The molecule has 2 rings (SSSR count). The van der Waals surface area contributed by atoms with Gasteiger partial charge in [-0.1, -0.05) is 61.4 Å². The lowest BCUT2D eigenvalue weighted by Gasteiger charge is -2.15. The summed E-state index contributed by atoms with van der Waals surface area (Å²) in [5, 5.41) is 0. The smallest absolute Gasteiger partial charge is 0.0335 e. The molecule has 0 radical (unpaired) electrons. The Kier molecular flexibility index (Phi) is 5.58. The van der Waals surface area contributed by atoms with E-state index in [0.717, 1.165) is 6.42 Å². The van der Waals surface area contributed by atoms with Crippen molar-refractivity contribution in [3.8, 4) is 0 Å². The molecule has 0 saturated heterocycles. The van der Waals surface area contributed by atoms with E-state index in [2.05, 4.69) is 63.2 Å². The highest BCUT2D eigenvalue weighted by Gasteiger charge is 2.09. The molecule has 1 atom stereocenters. The zero-order valence-electron chi connectivity index (χ0n) is 13.5. The molecule has 0 fully saturated rings. The van der Waals surface area contributed by atoms with Crippen LogP contribution in [-0.4, -0.2) is 0 Å². The van der Waals surface area contributed by atoms with Crippen LogP contribution in [0.5, 0.6) is 0 Å². The number of nitrogens with two attached hydrogens (primary N) is 1. The molecule has 2 N–H and O–H groups in total. The minimum Gasteiger partial charge on any atom is -0.324 e. The molecule has 0 bridgehead atoms. The van der Waals surface area contributed by atoms with E-state index < -0.39 is 0 Å². The third-order valence-corrected chi connectivity index (χ3v) is 4.17. The molecule has 21 heavy (non-hydrogen) atoms. The number of unbranched alkanes of at least 4 members (excludes halogenated alkanes) is 1. The Hall–Kier alpha value is -1.60. The normalized spacial score (nSPS) is 12.4. The van der Waals surface area contributed by atoms with Gasteiger partial charge >= 0.3 is 0 Å². The van der Waals surface area contributed by atoms with Crippen molar-refractivity contribution in [2.75, 3.05) is 0 Å². The molecule has 2 aromatic carbocycles. The van der Waals surface area contributed by atoms with E-state index >= 15 is 0 Å². The predicted octanol–water partition coefficient (Wildman–Crippen LogP) is 4.89. The van der Waals surface area contributed by atoms with Crippen LogP contribution in [0, 0.1) is 13.8 Å². The molecule has 1 heteroatoms. The molecule has 112 valence electrons. The van der Waals surface area contributed by atoms with Crippen molar-refractivity contribution in [1.29, 1.82) is 0 Å². The maximum absolute atomic E-state index is 6.40. The largest absolute Gasteiger partial charge is 0.324 e. The van der Waals surface area contributed by atoms with E-state index in [1.54, 1.807) is 0 Å². The Morgan fingerprint density at radius 2 is 1.71 bits per heavy atom. The zero-order valence-corrected chi connectivity index (χ0v) is 13.5. The second-order valence-corrected chi connectivity index (χ2v) is 6.09. The number of hydrogen-bond acceptors (Lipinski definition) is 1. The summed E-state index contributed by atoms with van der Waals surface area (Å²) in [6.07, 6.45) is 4.58. The van der Waals surface area contributed by atoms with Gasteiger partial charge in [-0.15, -0.1) is 0 Å². The number of hydrogen-bond donors (Lipinski definition) is 1. The lowest BCUT2D eigenvalue weighted by atomic mass is 9.94.